The van der Waals surface area contributed by atoms with Gasteiger partial charge >= 0.3 is 0 Å². The lowest BCUT2D eigenvalue weighted by molar-refractivity contribution is 0.426. The molecule has 2 aromatic rings. The van der Waals surface area contributed by atoms with Crippen molar-refractivity contribution in [3.63, 3.8) is 0 Å². The second kappa shape index (κ2) is 5.49. The van der Waals surface area contributed by atoms with Crippen LogP contribution >= 0.6 is 34.8 Å². The number of rotatable bonds is 1. The highest BCUT2D eigenvalue weighted by Gasteiger charge is 2.39. The highest BCUT2D eigenvalue weighted by atomic mass is 35.5. The minimum absolute atomic E-state index is 0.136. The fourth-order valence-electron chi connectivity index (χ4n) is 3.64. The van der Waals surface area contributed by atoms with Crippen molar-refractivity contribution in [2.24, 2.45) is 5.92 Å². The zero-order chi connectivity index (χ0) is 15.3. The van der Waals surface area contributed by atoms with Crippen molar-refractivity contribution in [2.75, 3.05) is 5.32 Å². The van der Waals surface area contributed by atoms with Crippen LogP contribution in [0.15, 0.2) is 48.6 Å². The average Bonchev–Trinajstić information content (AvgIpc) is 3.00. The number of benzene rings is 2. The van der Waals surface area contributed by atoms with Crippen molar-refractivity contribution in [3.8, 4) is 0 Å². The fourth-order valence-corrected chi connectivity index (χ4v) is 4.28. The summed E-state index contributed by atoms with van der Waals surface area (Å²) in [6.07, 6.45) is 5.56. The largest absolute Gasteiger partial charge is 0.376 e. The Bertz CT molecular complexity index is 769. The maximum absolute atomic E-state index is 6.44. The zero-order valence-corrected chi connectivity index (χ0v) is 14.0. The monoisotopic (exact) mass is 349 g/mol. The van der Waals surface area contributed by atoms with Gasteiger partial charge in [0.05, 0.1) is 21.8 Å². The van der Waals surface area contributed by atoms with E-state index in [4.69, 9.17) is 34.8 Å². The van der Waals surface area contributed by atoms with Gasteiger partial charge in [0.2, 0.25) is 0 Å². The Morgan fingerprint density at radius 3 is 2.55 bits per heavy atom. The van der Waals surface area contributed by atoms with Gasteiger partial charge in [0, 0.05) is 10.9 Å². The summed E-state index contributed by atoms with van der Waals surface area (Å²) in [5, 5.41) is 5.55. The van der Waals surface area contributed by atoms with Gasteiger partial charge in [-0.05, 0) is 35.6 Å². The fraction of sp³-hybridized carbons (Fsp3) is 0.222. The van der Waals surface area contributed by atoms with Crippen LogP contribution in [0.25, 0.3) is 0 Å². The summed E-state index contributed by atoms with van der Waals surface area (Å²) in [5.41, 5.74) is 3.27. The van der Waals surface area contributed by atoms with Crippen LogP contribution in [-0.4, -0.2) is 0 Å². The van der Waals surface area contributed by atoms with Gasteiger partial charge < -0.3 is 5.32 Å². The molecule has 3 atom stereocenters. The quantitative estimate of drug-likeness (QED) is 0.581. The lowest BCUT2D eigenvalue weighted by Gasteiger charge is -2.38. The Labute approximate surface area is 144 Å². The molecule has 1 N–H and O–H groups in total. The Morgan fingerprint density at radius 1 is 0.909 bits per heavy atom. The van der Waals surface area contributed by atoms with Crippen LogP contribution in [0.1, 0.15) is 29.5 Å². The van der Waals surface area contributed by atoms with Crippen molar-refractivity contribution in [2.45, 2.75) is 18.4 Å². The van der Waals surface area contributed by atoms with Gasteiger partial charge in [0.25, 0.3) is 0 Å². The Morgan fingerprint density at radius 2 is 1.73 bits per heavy atom. The molecule has 112 valence electrons. The SMILES string of the molecule is Clc1ccccc1[C@@H]1Nc2c(ccc(Cl)c2Cl)[C@H]2C=CC[C@@H]21. The lowest BCUT2D eigenvalue weighted by Crippen LogP contribution is -2.29. The third-order valence-corrected chi connectivity index (χ3v) is 5.82. The molecule has 1 heterocycles. The number of hydrogen-bond donors (Lipinski definition) is 1. The van der Waals surface area contributed by atoms with Crippen molar-refractivity contribution in [3.05, 3.63) is 74.7 Å². The highest BCUT2D eigenvalue weighted by Crippen LogP contribution is 2.53. The van der Waals surface area contributed by atoms with E-state index in [0.717, 1.165) is 22.7 Å². The standard InChI is InChI=1S/C18H14Cl3N/c19-14-7-2-1-4-13(14)17-11-6-3-5-10(11)12-8-9-15(20)16(21)18(12)22-17/h1-5,7-11,17,22H,6H2/t10-,11-,17+/m0/s1. The molecule has 0 unspecified atom stereocenters. The van der Waals surface area contributed by atoms with Crippen LogP contribution < -0.4 is 5.32 Å². The zero-order valence-electron chi connectivity index (χ0n) is 11.7. The summed E-state index contributed by atoms with van der Waals surface area (Å²) in [6, 6.07) is 12.1. The lowest BCUT2D eigenvalue weighted by atomic mass is 9.77. The van der Waals surface area contributed by atoms with Crippen molar-refractivity contribution >= 4 is 40.5 Å². The van der Waals surface area contributed by atoms with Crippen LogP contribution in [0.4, 0.5) is 5.69 Å². The number of fused-ring (bicyclic) bond motifs is 3. The van der Waals surface area contributed by atoms with Gasteiger partial charge in [0.15, 0.2) is 0 Å². The predicted octanol–water partition coefficient (Wildman–Crippen LogP) is 6.47. The van der Waals surface area contributed by atoms with Crippen molar-refractivity contribution in [1.29, 1.82) is 0 Å². The Balaban J connectivity index is 1.87. The maximum atomic E-state index is 6.44. The molecule has 0 aromatic heterocycles. The van der Waals surface area contributed by atoms with E-state index in [0.29, 0.717) is 21.9 Å². The van der Waals surface area contributed by atoms with Crippen LogP contribution in [0.3, 0.4) is 0 Å². The van der Waals surface area contributed by atoms with E-state index in [1.165, 1.54) is 5.56 Å². The van der Waals surface area contributed by atoms with Gasteiger partial charge in [-0.15, -0.1) is 0 Å². The first-order valence-corrected chi connectivity index (χ1v) is 8.45. The van der Waals surface area contributed by atoms with E-state index < -0.39 is 0 Å². The summed E-state index contributed by atoms with van der Waals surface area (Å²) in [4.78, 5) is 0. The minimum atomic E-state index is 0.136. The van der Waals surface area contributed by atoms with Crippen LogP contribution in [0.2, 0.25) is 15.1 Å². The maximum Gasteiger partial charge on any atom is 0.0826 e. The summed E-state index contributed by atoms with van der Waals surface area (Å²) < 4.78 is 0. The van der Waals surface area contributed by atoms with Crippen LogP contribution in [0.5, 0.6) is 0 Å². The summed E-state index contributed by atoms with van der Waals surface area (Å²) in [6.45, 7) is 0. The highest BCUT2D eigenvalue weighted by molar-refractivity contribution is 6.43. The molecule has 0 bridgehead atoms. The Hall–Kier alpha value is -1.15. The third kappa shape index (κ3) is 2.15. The first-order chi connectivity index (χ1) is 10.7. The molecule has 1 aliphatic heterocycles. The van der Waals surface area contributed by atoms with Crippen LogP contribution in [0, 0.1) is 5.92 Å². The molecule has 1 aliphatic carbocycles. The van der Waals surface area contributed by atoms with E-state index in [1.807, 2.05) is 24.3 Å². The molecular formula is C18H14Cl3N. The molecule has 0 saturated carbocycles. The van der Waals surface area contributed by atoms with E-state index in [2.05, 4.69) is 29.6 Å². The molecule has 22 heavy (non-hydrogen) atoms. The van der Waals surface area contributed by atoms with E-state index >= 15 is 0 Å². The molecule has 0 radical (unpaired) electrons. The molecular weight excluding hydrogens is 337 g/mol. The number of anilines is 1. The van der Waals surface area contributed by atoms with Crippen molar-refractivity contribution in [1.82, 2.24) is 0 Å². The normalized spacial score (nSPS) is 25.5. The van der Waals surface area contributed by atoms with E-state index in [-0.39, 0.29) is 6.04 Å². The Kier molecular flexibility index (Phi) is 3.60. The molecule has 2 aromatic carbocycles. The third-order valence-electron chi connectivity index (χ3n) is 4.67. The molecule has 0 fully saturated rings. The average molecular weight is 351 g/mol. The van der Waals surface area contributed by atoms with E-state index in [1.54, 1.807) is 0 Å². The number of allylic oxidation sites excluding steroid dienone is 2. The van der Waals surface area contributed by atoms with Gasteiger partial charge in [0.1, 0.15) is 0 Å². The first kappa shape index (κ1) is 14.4. The number of nitrogens with one attached hydrogen (secondary N) is 1. The van der Waals surface area contributed by atoms with Gasteiger partial charge in [-0.2, -0.15) is 0 Å². The van der Waals surface area contributed by atoms with Crippen molar-refractivity contribution < 1.29 is 0 Å². The predicted molar refractivity (Wildman–Crippen MR) is 94.3 cm³/mol. The summed E-state index contributed by atoms with van der Waals surface area (Å²) in [5.74, 6) is 0.803. The van der Waals surface area contributed by atoms with Crippen LogP contribution in [-0.2, 0) is 0 Å². The minimum Gasteiger partial charge on any atom is -0.376 e. The number of halogens is 3. The van der Waals surface area contributed by atoms with Gasteiger partial charge in [-0.25, -0.2) is 0 Å². The molecule has 4 rings (SSSR count). The van der Waals surface area contributed by atoms with Gasteiger partial charge in [-0.3, -0.25) is 0 Å². The first-order valence-electron chi connectivity index (χ1n) is 7.32. The summed E-state index contributed by atoms with van der Waals surface area (Å²) >= 11 is 19.1. The topological polar surface area (TPSA) is 12.0 Å². The van der Waals surface area contributed by atoms with E-state index in [9.17, 15) is 0 Å². The van der Waals surface area contributed by atoms with Gasteiger partial charge in [-0.1, -0.05) is 71.2 Å². The second-order valence-electron chi connectivity index (χ2n) is 5.82. The summed E-state index contributed by atoms with van der Waals surface area (Å²) in [7, 11) is 0. The molecule has 0 saturated heterocycles. The molecule has 1 nitrogen and oxygen atoms in total. The number of hydrogen-bond acceptors (Lipinski definition) is 1. The molecule has 2 aliphatic rings. The second-order valence-corrected chi connectivity index (χ2v) is 7.01. The molecule has 0 spiro atoms. The molecule has 4 heteroatoms. The molecule has 0 amide bonds. The smallest absolute Gasteiger partial charge is 0.0826 e.